The highest BCUT2D eigenvalue weighted by molar-refractivity contribution is 14.1. The third-order valence-corrected chi connectivity index (χ3v) is 5.90. The predicted molar refractivity (Wildman–Crippen MR) is 134 cm³/mol. The summed E-state index contributed by atoms with van der Waals surface area (Å²) in [6, 6.07) is 26.3. The maximum Gasteiger partial charge on any atom is 0.174 e. The van der Waals surface area contributed by atoms with Crippen LogP contribution in [-0.4, -0.2) is 7.11 Å². The van der Waals surface area contributed by atoms with E-state index >= 15 is 0 Å². The van der Waals surface area contributed by atoms with E-state index in [0.717, 1.165) is 25.5 Å². The summed E-state index contributed by atoms with van der Waals surface area (Å²) in [5, 5.41) is 11.9. The van der Waals surface area contributed by atoms with Crippen LogP contribution in [0.25, 0.3) is 22.4 Å². The molecule has 0 aliphatic heterocycles. The quantitative estimate of drug-likeness (QED) is 0.149. The van der Waals surface area contributed by atoms with Crippen LogP contribution in [0.3, 0.4) is 0 Å². The van der Waals surface area contributed by atoms with Crippen molar-refractivity contribution in [2.45, 2.75) is 6.61 Å². The molecule has 4 rings (SSSR count). The Morgan fingerprint density at radius 2 is 1.78 bits per heavy atom. The highest BCUT2D eigenvalue weighted by Gasteiger charge is 2.14. The molecule has 0 N–H and O–H groups in total. The van der Waals surface area contributed by atoms with Crippen molar-refractivity contribution >= 4 is 45.0 Å². The van der Waals surface area contributed by atoms with Gasteiger partial charge in [0.2, 0.25) is 0 Å². The largest absolute Gasteiger partial charge is 0.493 e. The first-order chi connectivity index (χ1) is 15.6. The number of ether oxygens (including phenoxy) is 2. The summed E-state index contributed by atoms with van der Waals surface area (Å²) in [6.45, 7) is 0.390. The van der Waals surface area contributed by atoms with Crippen molar-refractivity contribution in [1.82, 2.24) is 0 Å². The van der Waals surface area contributed by atoms with Gasteiger partial charge in [0.25, 0.3) is 0 Å². The number of allylic oxidation sites excluding steroid dienone is 1. The van der Waals surface area contributed by atoms with Crippen LogP contribution in [-0.2, 0) is 6.61 Å². The Morgan fingerprint density at radius 3 is 2.56 bits per heavy atom. The van der Waals surface area contributed by atoms with Gasteiger partial charge in [-0.05, 0) is 68.8 Å². The maximum absolute atomic E-state index is 14.2. The summed E-state index contributed by atoms with van der Waals surface area (Å²) in [6.07, 6.45) is 1.65. The Morgan fingerprint density at radius 1 is 1.03 bits per heavy atom. The zero-order chi connectivity index (χ0) is 22.5. The van der Waals surface area contributed by atoms with Crippen molar-refractivity contribution in [3.05, 3.63) is 105 Å². The molecule has 5 heteroatoms. The van der Waals surface area contributed by atoms with Gasteiger partial charge in [0.15, 0.2) is 11.5 Å². The van der Waals surface area contributed by atoms with Crippen LogP contribution in [0.2, 0.25) is 0 Å². The Kier molecular flexibility index (Phi) is 6.72. The number of hydrogen-bond donors (Lipinski definition) is 0. The van der Waals surface area contributed by atoms with Gasteiger partial charge in [0, 0.05) is 5.56 Å². The second-order valence-electron chi connectivity index (χ2n) is 7.11. The van der Waals surface area contributed by atoms with Gasteiger partial charge >= 0.3 is 0 Å². The lowest BCUT2D eigenvalue weighted by atomic mass is 10.0. The second-order valence-corrected chi connectivity index (χ2v) is 8.27. The molecule has 0 aliphatic rings. The van der Waals surface area contributed by atoms with Crippen LogP contribution in [0.4, 0.5) is 4.39 Å². The number of halogens is 2. The molecule has 4 aromatic rings. The number of rotatable bonds is 6. The fraction of sp³-hybridized carbons (Fsp3) is 0.0741. The Balaban J connectivity index is 1.65. The zero-order valence-electron chi connectivity index (χ0n) is 17.3. The summed E-state index contributed by atoms with van der Waals surface area (Å²) in [7, 11) is 1.58. The molecule has 0 spiro atoms. The minimum atomic E-state index is -0.433. The molecular weight excluding hydrogens is 516 g/mol. The van der Waals surface area contributed by atoms with Crippen molar-refractivity contribution in [2.24, 2.45) is 0 Å². The summed E-state index contributed by atoms with van der Waals surface area (Å²) in [5.74, 6) is 0.744. The smallest absolute Gasteiger partial charge is 0.174 e. The van der Waals surface area contributed by atoms with Crippen molar-refractivity contribution in [2.75, 3.05) is 7.11 Å². The molecule has 0 unspecified atom stereocenters. The average molecular weight is 535 g/mol. The molecule has 0 amide bonds. The van der Waals surface area contributed by atoms with Gasteiger partial charge in [0.05, 0.1) is 22.3 Å². The first-order valence-corrected chi connectivity index (χ1v) is 11.0. The van der Waals surface area contributed by atoms with Gasteiger partial charge in [-0.1, -0.05) is 60.7 Å². The van der Waals surface area contributed by atoms with E-state index in [4.69, 9.17) is 9.47 Å². The summed E-state index contributed by atoms with van der Waals surface area (Å²) in [5.41, 5.74) is 2.31. The lowest BCUT2D eigenvalue weighted by Gasteiger charge is -2.15. The van der Waals surface area contributed by atoms with E-state index in [0.29, 0.717) is 18.1 Å². The van der Waals surface area contributed by atoms with Gasteiger partial charge in [0.1, 0.15) is 12.4 Å². The molecule has 0 heterocycles. The van der Waals surface area contributed by atoms with Crippen LogP contribution in [0.5, 0.6) is 11.5 Å². The number of nitriles is 1. The fourth-order valence-electron chi connectivity index (χ4n) is 3.55. The van der Waals surface area contributed by atoms with E-state index in [1.165, 1.54) is 6.07 Å². The first-order valence-electron chi connectivity index (χ1n) is 9.94. The van der Waals surface area contributed by atoms with Crippen LogP contribution >= 0.6 is 22.6 Å². The van der Waals surface area contributed by atoms with E-state index in [1.807, 2.05) is 30.3 Å². The molecule has 0 aromatic heterocycles. The maximum atomic E-state index is 14.2. The van der Waals surface area contributed by atoms with E-state index in [1.54, 1.807) is 37.5 Å². The number of fused-ring (bicyclic) bond motifs is 1. The molecule has 32 heavy (non-hydrogen) atoms. The Bertz CT molecular complexity index is 1350. The lowest BCUT2D eigenvalue weighted by molar-refractivity contribution is 0.283. The minimum Gasteiger partial charge on any atom is -0.493 e. The van der Waals surface area contributed by atoms with E-state index in [9.17, 15) is 9.65 Å². The molecule has 0 saturated carbocycles. The Hall–Kier alpha value is -3.37. The van der Waals surface area contributed by atoms with Crippen molar-refractivity contribution in [1.29, 1.82) is 5.26 Å². The zero-order valence-corrected chi connectivity index (χ0v) is 19.5. The standard InChI is InChI=1S/C27H19FINO2/c1-31-26-15-18(13-21(16-30)23-11-4-5-12-24(23)28)14-25(29)27(26)32-17-20-9-6-8-19-7-2-3-10-22(19)20/h2-15H,17H2,1H3/b21-13-. The summed E-state index contributed by atoms with van der Waals surface area (Å²) >= 11 is 2.18. The molecule has 0 atom stereocenters. The SMILES string of the molecule is COc1cc(/C=C(/C#N)c2ccccc2F)cc(I)c1OCc1cccc2ccccc12. The number of nitrogens with zero attached hydrogens (tertiary/aromatic N) is 1. The van der Waals surface area contributed by atoms with Gasteiger partial charge in [-0.2, -0.15) is 5.26 Å². The number of benzene rings is 4. The topological polar surface area (TPSA) is 42.2 Å². The van der Waals surface area contributed by atoms with Crippen LogP contribution in [0.15, 0.2) is 78.9 Å². The molecule has 4 aromatic carbocycles. The van der Waals surface area contributed by atoms with Crippen LogP contribution < -0.4 is 9.47 Å². The van der Waals surface area contributed by atoms with Crippen molar-refractivity contribution in [3.63, 3.8) is 0 Å². The van der Waals surface area contributed by atoms with E-state index in [-0.39, 0.29) is 11.1 Å². The van der Waals surface area contributed by atoms with Crippen molar-refractivity contribution in [3.8, 4) is 17.6 Å². The van der Waals surface area contributed by atoms with Gasteiger partial charge in [-0.3, -0.25) is 0 Å². The third-order valence-electron chi connectivity index (χ3n) is 5.10. The van der Waals surface area contributed by atoms with E-state index in [2.05, 4.69) is 46.9 Å². The minimum absolute atomic E-state index is 0.241. The van der Waals surface area contributed by atoms with Gasteiger partial charge < -0.3 is 9.47 Å². The van der Waals surface area contributed by atoms with E-state index < -0.39 is 5.82 Å². The van der Waals surface area contributed by atoms with Gasteiger partial charge in [-0.25, -0.2) is 4.39 Å². The molecule has 0 saturated heterocycles. The van der Waals surface area contributed by atoms with Crippen LogP contribution in [0.1, 0.15) is 16.7 Å². The summed E-state index contributed by atoms with van der Waals surface area (Å²) in [4.78, 5) is 0. The third kappa shape index (κ3) is 4.61. The van der Waals surface area contributed by atoms with Crippen molar-refractivity contribution < 1.29 is 13.9 Å². The summed E-state index contributed by atoms with van der Waals surface area (Å²) < 4.78 is 26.7. The molecular formula is C27H19FINO2. The number of methoxy groups -OCH3 is 1. The second kappa shape index (κ2) is 9.84. The molecule has 0 bridgehead atoms. The monoisotopic (exact) mass is 535 g/mol. The highest BCUT2D eigenvalue weighted by atomic mass is 127. The fourth-order valence-corrected chi connectivity index (χ4v) is 4.33. The molecule has 0 fully saturated rings. The van der Waals surface area contributed by atoms with Gasteiger partial charge in [-0.15, -0.1) is 0 Å². The van der Waals surface area contributed by atoms with Crippen LogP contribution in [0, 0.1) is 20.7 Å². The first kappa shape index (κ1) is 21.8. The Labute approximate surface area is 199 Å². The molecule has 158 valence electrons. The molecule has 0 aliphatic carbocycles. The number of hydrogen-bond acceptors (Lipinski definition) is 3. The highest BCUT2D eigenvalue weighted by Crippen LogP contribution is 2.36. The predicted octanol–water partition coefficient (Wildman–Crippen LogP) is 7.24. The molecule has 0 radical (unpaired) electrons. The lowest BCUT2D eigenvalue weighted by Crippen LogP contribution is -2.01. The molecule has 3 nitrogen and oxygen atoms in total. The average Bonchev–Trinajstić information content (AvgIpc) is 2.82. The normalized spacial score (nSPS) is 11.2.